The Hall–Kier alpha value is -0.980. The standard InChI is InChI=1S/C10H14N4S2/c1-3-8-15-13-14(16-9-4-2)10-11-6-5-7-12-10/h3-7,13H,1-2,8-9H2. The fraction of sp³-hybridized carbons (Fsp3) is 0.200. The molecule has 16 heavy (non-hydrogen) atoms. The van der Waals surface area contributed by atoms with Crippen molar-refractivity contribution in [2.24, 2.45) is 0 Å². The van der Waals surface area contributed by atoms with E-state index in [4.69, 9.17) is 0 Å². The van der Waals surface area contributed by atoms with Gasteiger partial charge in [0.1, 0.15) is 0 Å². The van der Waals surface area contributed by atoms with E-state index in [1.807, 2.05) is 16.6 Å². The largest absolute Gasteiger partial charge is 0.251 e. The average molecular weight is 254 g/mol. The lowest BCUT2D eigenvalue weighted by molar-refractivity contribution is 0.991. The summed E-state index contributed by atoms with van der Waals surface area (Å²) >= 11 is 3.08. The first kappa shape index (κ1) is 13.1. The Morgan fingerprint density at radius 2 is 1.94 bits per heavy atom. The molecule has 0 spiro atoms. The summed E-state index contributed by atoms with van der Waals surface area (Å²) in [4.78, 5) is 11.5. The third kappa shape index (κ3) is 4.69. The zero-order valence-electron chi connectivity index (χ0n) is 8.87. The van der Waals surface area contributed by atoms with Gasteiger partial charge in [0, 0.05) is 23.9 Å². The lowest BCUT2D eigenvalue weighted by Gasteiger charge is -2.19. The summed E-state index contributed by atoms with van der Waals surface area (Å²) in [5.74, 6) is 2.24. The van der Waals surface area contributed by atoms with E-state index >= 15 is 0 Å². The van der Waals surface area contributed by atoms with E-state index < -0.39 is 0 Å². The van der Waals surface area contributed by atoms with Crippen LogP contribution in [-0.4, -0.2) is 21.5 Å². The van der Waals surface area contributed by atoms with Gasteiger partial charge >= 0.3 is 0 Å². The molecular formula is C10H14N4S2. The summed E-state index contributed by atoms with van der Waals surface area (Å²) in [5, 5.41) is 0. The summed E-state index contributed by atoms with van der Waals surface area (Å²) in [6.45, 7) is 7.34. The van der Waals surface area contributed by atoms with Crippen molar-refractivity contribution in [1.82, 2.24) is 14.8 Å². The van der Waals surface area contributed by atoms with Crippen LogP contribution in [0.4, 0.5) is 5.95 Å². The number of nitrogens with one attached hydrogen (secondary N) is 1. The van der Waals surface area contributed by atoms with Gasteiger partial charge in [0.05, 0.1) is 0 Å². The van der Waals surface area contributed by atoms with Crippen LogP contribution in [0, 0.1) is 0 Å². The summed E-state index contributed by atoms with van der Waals surface area (Å²) < 4.78 is 1.82. The zero-order chi connectivity index (χ0) is 11.6. The molecule has 1 N–H and O–H groups in total. The number of hydrogen-bond acceptors (Lipinski definition) is 6. The molecule has 0 aliphatic heterocycles. The van der Waals surface area contributed by atoms with Crippen LogP contribution in [-0.2, 0) is 0 Å². The van der Waals surface area contributed by atoms with Crippen molar-refractivity contribution in [2.75, 3.05) is 15.9 Å². The molecule has 1 aromatic rings. The first-order valence-electron chi connectivity index (χ1n) is 4.67. The van der Waals surface area contributed by atoms with Crippen LogP contribution in [0.1, 0.15) is 0 Å². The molecule has 0 amide bonds. The summed E-state index contributed by atoms with van der Waals surface area (Å²) in [7, 11) is 0. The van der Waals surface area contributed by atoms with Gasteiger partial charge in [-0.1, -0.05) is 24.1 Å². The highest BCUT2D eigenvalue weighted by Gasteiger charge is 2.07. The third-order valence-electron chi connectivity index (χ3n) is 1.40. The topological polar surface area (TPSA) is 41.0 Å². The van der Waals surface area contributed by atoms with Crippen LogP contribution in [0.25, 0.3) is 0 Å². The minimum Gasteiger partial charge on any atom is -0.220 e. The Labute approximate surface area is 104 Å². The van der Waals surface area contributed by atoms with Crippen LogP contribution in [0.2, 0.25) is 0 Å². The Morgan fingerprint density at radius 3 is 2.56 bits per heavy atom. The van der Waals surface area contributed by atoms with E-state index in [9.17, 15) is 0 Å². The molecule has 1 rings (SSSR count). The van der Waals surface area contributed by atoms with Gasteiger partial charge in [0.15, 0.2) is 0 Å². The smallest absolute Gasteiger partial charge is 0.220 e. The average Bonchev–Trinajstić information content (AvgIpc) is 2.35. The van der Waals surface area contributed by atoms with Crippen LogP contribution in [0.5, 0.6) is 0 Å². The van der Waals surface area contributed by atoms with Crippen molar-refractivity contribution < 1.29 is 0 Å². The van der Waals surface area contributed by atoms with Gasteiger partial charge in [-0.15, -0.1) is 13.2 Å². The molecule has 86 valence electrons. The fourth-order valence-corrected chi connectivity index (χ4v) is 2.03. The summed E-state index contributed by atoms with van der Waals surface area (Å²) in [6.07, 6.45) is 7.09. The first-order valence-corrected chi connectivity index (χ1v) is 6.60. The minimum absolute atomic E-state index is 0.630. The van der Waals surface area contributed by atoms with Gasteiger partial charge in [0.2, 0.25) is 0 Å². The van der Waals surface area contributed by atoms with Crippen molar-refractivity contribution in [3.63, 3.8) is 0 Å². The molecule has 1 aromatic heterocycles. The van der Waals surface area contributed by atoms with E-state index in [2.05, 4.69) is 28.0 Å². The second-order valence-electron chi connectivity index (χ2n) is 2.62. The van der Waals surface area contributed by atoms with Crippen molar-refractivity contribution in [3.05, 3.63) is 43.8 Å². The summed E-state index contributed by atoms with van der Waals surface area (Å²) in [5.41, 5.74) is 0. The number of hydrogen-bond donors (Lipinski definition) is 1. The van der Waals surface area contributed by atoms with E-state index in [0.717, 1.165) is 11.5 Å². The van der Waals surface area contributed by atoms with Gasteiger partial charge in [-0.25, -0.2) is 14.4 Å². The van der Waals surface area contributed by atoms with Crippen molar-refractivity contribution >= 4 is 29.8 Å². The molecular weight excluding hydrogens is 240 g/mol. The van der Waals surface area contributed by atoms with Gasteiger partial charge in [0.25, 0.3) is 5.95 Å². The molecule has 0 saturated carbocycles. The normalized spacial score (nSPS) is 9.75. The van der Waals surface area contributed by atoms with E-state index in [1.165, 1.54) is 11.9 Å². The highest BCUT2D eigenvalue weighted by Crippen LogP contribution is 2.16. The molecule has 0 bridgehead atoms. The summed E-state index contributed by atoms with van der Waals surface area (Å²) in [6, 6.07) is 1.79. The monoisotopic (exact) mass is 254 g/mol. The number of hydrazine groups is 1. The van der Waals surface area contributed by atoms with E-state index in [0.29, 0.717) is 5.95 Å². The highest BCUT2D eigenvalue weighted by atomic mass is 32.2. The lowest BCUT2D eigenvalue weighted by Crippen LogP contribution is -2.28. The molecule has 6 heteroatoms. The van der Waals surface area contributed by atoms with E-state index in [1.54, 1.807) is 30.4 Å². The second-order valence-corrected chi connectivity index (χ2v) is 4.38. The molecule has 0 unspecified atom stereocenters. The number of aromatic nitrogens is 2. The van der Waals surface area contributed by atoms with Crippen LogP contribution in [0.15, 0.2) is 43.8 Å². The predicted octanol–water partition coefficient (Wildman–Crippen LogP) is 2.46. The molecule has 0 aromatic carbocycles. The molecule has 1 heterocycles. The molecule has 0 saturated heterocycles. The van der Waals surface area contributed by atoms with Crippen LogP contribution < -0.4 is 9.25 Å². The molecule has 0 fully saturated rings. The maximum atomic E-state index is 4.17. The lowest BCUT2D eigenvalue weighted by atomic mass is 10.7. The number of rotatable bonds is 8. The van der Waals surface area contributed by atoms with Gasteiger partial charge in [-0.05, 0) is 18.0 Å². The van der Waals surface area contributed by atoms with Crippen LogP contribution >= 0.6 is 23.9 Å². The molecule has 0 atom stereocenters. The van der Waals surface area contributed by atoms with Gasteiger partial charge in [-0.3, -0.25) is 0 Å². The van der Waals surface area contributed by atoms with Gasteiger partial charge < -0.3 is 0 Å². The SMILES string of the molecule is C=CCSNN(SCC=C)c1ncccn1. The Morgan fingerprint density at radius 1 is 1.25 bits per heavy atom. The minimum atomic E-state index is 0.630. The van der Waals surface area contributed by atoms with Crippen molar-refractivity contribution in [1.29, 1.82) is 0 Å². The quantitative estimate of drug-likeness (QED) is 0.333. The van der Waals surface area contributed by atoms with E-state index in [-0.39, 0.29) is 0 Å². The highest BCUT2D eigenvalue weighted by molar-refractivity contribution is 8.02. The van der Waals surface area contributed by atoms with Crippen molar-refractivity contribution in [2.45, 2.75) is 0 Å². The Bertz CT molecular complexity index is 318. The third-order valence-corrected chi connectivity index (χ3v) is 3.13. The number of anilines is 1. The Kier molecular flexibility index (Phi) is 6.71. The maximum absolute atomic E-state index is 4.17. The Balaban J connectivity index is 2.55. The van der Waals surface area contributed by atoms with Crippen molar-refractivity contribution in [3.8, 4) is 0 Å². The second kappa shape index (κ2) is 8.20. The zero-order valence-corrected chi connectivity index (χ0v) is 10.5. The first-order chi connectivity index (χ1) is 7.88. The predicted molar refractivity (Wildman–Crippen MR) is 73.0 cm³/mol. The van der Waals surface area contributed by atoms with Crippen LogP contribution in [0.3, 0.4) is 0 Å². The fourth-order valence-electron chi connectivity index (χ4n) is 0.803. The molecule has 0 aliphatic rings. The van der Waals surface area contributed by atoms with Gasteiger partial charge in [-0.2, -0.15) is 4.83 Å². The molecule has 4 nitrogen and oxygen atoms in total. The molecule has 0 aliphatic carbocycles. The number of nitrogens with zero attached hydrogens (tertiary/aromatic N) is 3. The molecule has 0 radical (unpaired) electrons. The maximum Gasteiger partial charge on any atom is 0.251 e.